The van der Waals surface area contributed by atoms with Crippen molar-refractivity contribution in [1.29, 1.82) is 0 Å². The summed E-state index contributed by atoms with van der Waals surface area (Å²) >= 11 is 0. The van der Waals surface area contributed by atoms with Gasteiger partial charge in [-0.25, -0.2) is 9.97 Å². The molecule has 0 aliphatic rings. The molecule has 0 saturated carbocycles. The number of aromatic nitrogens is 4. The topological polar surface area (TPSA) is 102 Å². The van der Waals surface area contributed by atoms with Crippen LogP contribution in [0.4, 0.5) is 5.82 Å². The molecule has 1 aromatic carbocycles. The van der Waals surface area contributed by atoms with Crippen LogP contribution in [0.25, 0.3) is 22.5 Å². The molecular weight excluding hydrogens is 316 g/mol. The van der Waals surface area contributed by atoms with Crippen LogP contribution < -0.4 is 11.1 Å². The van der Waals surface area contributed by atoms with Gasteiger partial charge in [0.25, 0.3) is 0 Å². The van der Waals surface area contributed by atoms with Crippen LogP contribution in [0.2, 0.25) is 0 Å². The third-order valence-electron chi connectivity index (χ3n) is 4.00. The second kappa shape index (κ2) is 7.31. The summed E-state index contributed by atoms with van der Waals surface area (Å²) in [5, 5.41) is 17.6. The Bertz CT molecular complexity index is 860. The summed E-state index contributed by atoms with van der Waals surface area (Å²) in [5.74, 6) is 1.27. The molecule has 2 heterocycles. The van der Waals surface area contributed by atoms with E-state index in [-0.39, 0.29) is 11.8 Å². The summed E-state index contributed by atoms with van der Waals surface area (Å²) < 4.78 is 1.74. The highest BCUT2D eigenvalue weighted by Gasteiger charge is 2.11. The first-order valence-electron chi connectivity index (χ1n) is 8.21. The van der Waals surface area contributed by atoms with Crippen LogP contribution in [-0.2, 0) is 7.05 Å². The van der Waals surface area contributed by atoms with E-state index in [1.165, 1.54) is 0 Å². The first-order valence-corrected chi connectivity index (χ1v) is 8.21. The fourth-order valence-electron chi connectivity index (χ4n) is 2.43. The summed E-state index contributed by atoms with van der Waals surface area (Å²) in [5.41, 5.74) is 8.41. The molecule has 0 spiro atoms. The smallest absolute Gasteiger partial charge is 0.165 e. The van der Waals surface area contributed by atoms with Crippen molar-refractivity contribution < 1.29 is 5.11 Å². The van der Waals surface area contributed by atoms with Crippen LogP contribution in [0.3, 0.4) is 0 Å². The Morgan fingerprint density at radius 2 is 2.12 bits per heavy atom. The van der Waals surface area contributed by atoms with Gasteiger partial charge in [0, 0.05) is 37.6 Å². The summed E-state index contributed by atoms with van der Waals surface area (Å²) in [6.07, 6.45) is 6.25. The van der Waals surface area contributed by atoms with Crippen molar-refractivity contribution in [3.05, 3.63) is 42.9 Å². The lowest BCUT2D eigenvalue weighted by Gasteiger charge is -2.12. The first kappa shape index (κ1) is 16.9. The highest BCUT2D eigenvalue weighted by Crippen LogP contribution is 2.31. The molecular formula is C18H22N6O. The van der Waals surface area contributed by atoms with Crippen LogP contribution in [0.5, 0.6) is 5.75 Å². The molecule has 4 N–H and O–H groups in total. The van der Waals surface area contributed by atoms with Gasteiger partial charge in [-0.2, -0.15) is 5.10 Å². The number of nitrogens with zero attached hydrogens (tertiary/aromatic N) is 4. The molecule has 7 heteroatoms. The van der Waals surface area contributed by atoms with Crippen molar-refractivity contribution in [2.45, 2.75) is 19.4 Å². The van der Waals surface area contributed by atoms with Gasteiger partial charge in [0.05, 0.1) is 11.8 Å². The van der Waals surface area contributed by atoms with Crippen LogP contribution in [0.1, 0.15) is 13.3 Å². The Hall–Kier alpha value is -2.93. The maximum Gasteiger partial charge on any atom is 0.165 e. The van der Waals surface area contributed by atoms with Gasteiger partial charge in [-0.3, -0.25) is 4.68 Å². The zero-order valence-electron chi connectivity index (χ0n) is 14.3. The molecule has 0 aliphatic heterocycles. The molecule has 25 heavy (non-hydrogen) atoms. The minimum atomic E-state index is 0.0701. The quantitative estimate of drug-likeness (QED) is 0.638. The van der Waals surface area contributed by atoms with Gasteiger partial charge in [0.2, 0.25) is 0 Å². The minimum Gasteiger partial charge on any atom is -0.507 e. The summed E-state index contributed by atoms with van der Waals surface area (Å²) in [7, 11) is 1.87. The standard InChI is InChI=1S/C18H22N6O/c1-3-14(19)10-21-17-6-7-20-18(23-17)15-8-12(4-5-16(15)25)13-9-22-24(2)11-13/h4-9,11,14,25H,3,10,19H2,1-2H3,(H,20,21,23). The van der Waals surface area contributed by atoms with E-state index in [0.717, 1.165) is 17.5 Å². The number of aryl methyl sites for hydroxylation is 1. The van der Waals surface area contributed by atoms with E-state index in [4.69, 9.17) is 5.73 Å². The lowest BCUT2D eigenvalue weighted by atomic mass is 10.0. The Labute approximate surface area is 146 Å². The Morgan fingerprint density at radius 3 is 2.84 bits per heavy atom. The van der Waals surface area contributed by atoms with Gasteiger partial charge >= 0.3 is 0 Å². The molecule has 7 nitrogen and oxygen atoms in total. The minimum absolute atomic E-state index is 0.0701. The molecule has 0 aliphatic carbocycles. The number of nitrogens with two attached hydrogens (primary N) is 1. The van der Waals surface area contributed by atoms with Crippen molar-refractivity contribution >= 4 is 5.82 Å². The third kappa shape index (κ3) is 3.95. The molecule has 130 valence electrons. The van der Waals surface area contributed by atoms with Crippen LogP contribution >= 0.6 is 0 Å². The molecule has 2 aromatic heterocycles. The molecule has 0 bridgehead atoms. The van der Waals surface area contributed by atoms with Gasteiger partial charge in [0.15, 0.2) is 5.82 Å². The van der Waals surface area contributed by atoms with E-state index < -0.39 is 0 Å². The molecule has 1 atom stereocenters. The summed E-state index contributed by atoms with van der Waals surface area (Å²) in [6.45, 7) is 2.67. The molecule has 0 amide bonds. The number of aromatic hydroxyl groups is 1. The number of nitrogens with one attached hydrogen (secondary N) is 1. The SMILES string of the molecule is CCC(N)CNc1ccnc(-c2cc(-c3cnn(C)c3)ccc2O)n1. The molecule has 3 rings (SSSR count). The number of rotatable bonds is 6. The zero-order chi connectivity index (χ0) is 17.8. The zero-order valence-corrected chi connectivity index (χ0v) is 14.3. The molecule has 0 saturated heterocycles. The molecule has 3 aromatic rings. The van der Waals surface area contributed by atoms with E-state index in [9.17, 15) is 5.11 Å². The normalized spacial score (nSPS) is 12.1. The number of benzene rings is 1. The highest BCUT2D eigenvalue weighted by atomic mass is 16.3. The van der Waals surface area contributed by atoms with Crippen LogP contribution in [0.15, 0.2) is 42.9 Å². The number of phenols is 1. The Balaban J connectivity index is 1.90. The van der Waals surface area contributed by atoms with Crippen molar-refractivity contribution in [2.75, 3.05) is 11.9 Å². The van der Waals surface area contributed by atoms with Crippen LogP contribution in [0, 0.1) is 0 Å². The first-order chi connectivity index (χ1) is 12.1. The van der Waals surface area contributed by atoms with Gasteiger partial charge in [-0.15, -0.1) is 0 Å². The maximum atomic E-state index is 10.2. The average Bonchev–Trinajstić information content (AvgIpc) is 3.06. The highest BCUT2D eigenvalue weighted by molar-refractivity contribution is 5.74. The van der Waals surface area contributed by atoms with E-state index in [1.807, 2.05) is 32.3 Å². The van der Waals surface area contributed by atoms with E-state index >= 15 is 0 Å². The van der Waals surface area contributed by atoms with E-state index in [1.54, 1.807) is 29.2 Å². The van der Waals surface area contributed by atoms with Crippen LogP contribution in [-0.4, -0.2) is 37.4 Å². The lowest BCUT2D eigenvalue weighted by Crippen LogP contribution is -2.28. The molecule has 1 unspecified atom stereocenters. The van der Waals surface area contributed by atoms with Gasteiger partial charge in [0.1, 0.15) is 11.6 Å². The molecule has 0 radical (unpaired) electrons. The number of hydrogen-bond donors (Lipinski definition) is 3. The number of anilines is 1. The fraction of sp³-hybridized carbons (Fsp3) is 0.278. The van der Waals surface area contributed by atoms with E-state index in [2.05, 4.69) is 20.4 Å². The van der Waals surface area contributed by atoms with E-state index in [0.29, 0.717) is 23.8 Å². The van der Waals surface area contributed by atoms with Crippen molar-refractivity contribution in [3.63, 3.8) is 0 Å². The van der Waals surface area contributed by atoms with Crippen molar-refractivity contribution in [3.8, 4) is 28.3 Å². The number of hydrogen-bond acceptors (Lipinski definition) is 6. The van der Waals surface area contributed by atoms with Crippen molar-refractivity contribution in [2.24, 2.45) is 12.8 Å². The van der Waals surface area contributed by atoms with Gasteiger partial charge in [-0.1, -0.05) is 13.0 Å². The number of phenolic OH excluding ortho intramolecular Hbond substituents is 1. The largest absolute Gasteiger partial charge is 0.507 e. The van der Waals surface area contributed by atoms with Gasteiger partial charge < -0.3 is 16.2 Å². The summed E-state index contributed by atoms with van der Waals surface area (Å²) in [4.78, 5) is 8.79. The van der Waals surface area contributed by atoms with Gasteiger partial charge in [-0.05, 0) is 30.2 Å². The Morgan fingerprint density at radius 1 is 1.28 bits per heavy atom. The lowest BCUT2D eigenvalue weighted by molar-refractivity contribution is 0.477. The predicted molar refractivity (Wildman–Crippen MR) is 98.1 cm³/mol. The Kier molecular flexibility index (Phi) is 4.95. The second-order valence-electron chi connectivity index (χ2n) is 5.95. The maximum absolute atomic E-state index is 10.2. The molecule has 0 fully saturated rings. The summed E-state index contributed by atoms with van der Waals surface area (Å²) in [6, 6.07) is 7.21. The fourth-order valence-corrected chi connectivity index (χ4v) is 2.43. The third-order valence-corrected chi connectivity index (χ3v) is 4.00. The second-order valence-corrected chi connectivity index (χ2v) is 5.95. The predicted octanol–water partition coefficient (Wildman–Crippen LogP) is 2.40. The van der Waals surface area contributed by atoms with Crippen molar-refractivity contribution in [1.82, 2.24) is 19.7 Å². The average molecular weight is 338 g/mol. The monoisotopic (exact) mass is 338 g/mol.